The number of hydrogen-bond donors (Lipinski definition) is 0. The normalized spacial score (nSPS) is 10.7. The molecule has 6 nitrogen and oxygen atoms in total. The Morgan fingerprint density at radius 3 is 2.96 bits per heavy atom. The number of aryl methyl sites for hydroxylation is 1. The standard InChI is InChI=1S/C17H18N4O2S/c1-21(16(22)9-4-6-13-7-5-11-24-13)12-15-19-17(20-23-15)14-8-2-3-10-18-14/h2-3,5,7-8,10-11H,4,6,9,12H2,1H3. The molecule has 0 aliphatic rings. The molecule has 0 aliphatic carbocycles. The predicted octanol–water partition coefficient (Wildman–Crippen LogP) is 3.17. The van der Waals surface area contributed by atoms with Crippen molar-refractivity contribution in [3.8, 4) is 11.5 Å². The zero-order chi connectivity index (χ0) is 16.8. The van der Waals surface area contributed by atoms with Gasteiger partial charge in [0.05, 0.1) is 6.54 Å². The number of rotatable bonds is 7. The van der Waals surface area contributed by atoms with E-state index in [2.05, 4.69) is 26.6 Å². The van der Waals surface area contributed by atoms with Gasteiger partial charge < -0.3 is 9.42 Å². The van der Waals surface area contributed by atoms with Crippen LogP contribution in [0.2, 0.25) is 0 Å². The third-order valence-corrected chi connectivity index (χ3v) is 4.49. The monoisotopic (exact) mass is 342 g/mol. The summed E-state index contributed by atoms with van der Waals surface area (Å²) in [5.41, 5.74) is 0.650. The number of carbonyl (C=O) groups excluding carboxylic acids is 1. The number of carbonyl (C=O) groups is 1. The van der Waals surface area contributed by atoms with Crippen molar-refractivity contribution in [1.82, 2.24) is 20.0 Å². The number of aromatic nitrogens is 3. The fourth-order valence-electron chi connectivity index (χ4n) is 2.27. The van der Waals surface area contributed by atoms with Crippen molar-refractivity contribution in [3.63, 3.8) is 0 Å². The molecule has 0 spiro atoms. The topological polar surface area (TPSA) is 72.1 Å². The van der Waals surface area contributed by atoms with Crippen molar-refractivity contribution in [2.75, 3.05) is 7.05 Å². The molecule has 3 rings (SSSR count). The maximum Gasteiger partial charge on any atom is 0.246 e. The van der Waals surface area contributed by atoms with Crippen molar-refractivity contribution in [2.24, 2.45) is 0 Å². The molecule has 124 valence electrons. The number of amides is 1. The second kappa shape index (κ2) is 7.83. The minimum Gasteiger partial charge on any atom is -0.337 e. The molecule has 7 heteroatoms. The summed E-state index contributed by atoms with van der Waals surface area (Å²) in [6.07, 6.45) is 3.96. The molecule has 0 aliphatic heterocycles. The van der Waals surface area contributed by atoms with Crippen LogP contribution < -0.4 is 0 Å². The summed E-state index contributed by atoms with van der Waals surface area (Å²) in [7, 11) is 1.75. The van der Waals surface area contributed by atoms with Crippen LogP contribution in [0.3, 0.4) is 0 Å². The maximum absolute atomic E-state index is 12.2. The SMILES string of the molecule is CN(Cc1nc(-c2ccccn2)no1)C(=O)CCCc1cccs1. The highest BCUT2D eigenvalue weighted by atomic mass is 32.1. The van der Waals surface area contributed by atoms with Gasteiger partial charge in [0.25, 0.3) is 0 Å². The van der Waals surface area contributed by atoms with Crippen LogP contribution in [0.5, 0.6) is 0 Å². The van der Waals surface area contributed by atoms with E-state index in [4.69, 9.17) is 4.52 Å². The lowest BCUT2D eigenvalue weighted by atomic mass is 10.2. The minimum atomic E-state index is 0.0733. The van der Waals surface area contributed by atoms with E-state index >= 15 is 0 Å². The molecule has 0 unspecified atom stereocenters. The van der Waals surface area contributed by atoms with Crippen LogP contribution in [0.25, 0.3) is 11.5 Å². The van der Waals surface area contributed by atoms with Gasteiger partial charge in [0.1, 0.15) is 5.69 Å². The molecular weight excluding hydrogens is 324 g/mol. The Hall–Kier alpha value is -2.54. The van der Waals surface area contributed by atoms with E-state index in [1.165, 1.54) is 4.88 Å². The van der Waals surface area contributed by atoms with Gasteiger partial charge in [-0.25, -0.2) is 0 Å². The lowest BCUT2D eigenvalue weighted by molar-refractivity contribution is -0.130. The van der Waals surface area contributed by atoms with Gasteiger partial charge in [0, 0.05) is 24.5 Å². The van der Waals surface area contributed by atoms with E-state index in [0.717, 1.165) is 12.8 Å². The number of pyridine rings is 1. The zero-order valence-electron chi connectivity index (χ0n) is 13.4. The highest BCUT2D eigenvalue weighted by Crippen LogP contribution is 2.14. The van der Waals surface area contributed by atoms with Gasteiger partial charge in [0.2, 0.25) is 17.6 Å². The Bertz CT molecular complexity index is 771. The van der Waals surface area contributed by atoms with Crippen LogP contribution in [0, 0.1) is 0 Å². The van der Waals surface area contributed by atoms with Gasteiger partial charge in [0.15, 0.2) is 0 Å². The van der Waals surface area contributed by atoms with Crippen molar-refractivity contribution >= 4 is 17.2 Å². The summed E-state index contributed by atoms with van der Waals surface area (Å²) in [5, 5.41) is 5.96. The lowest BCUT2D eigenvalue weighted by Gasteiger charge is -2.14. The summed E-state index contributed by atoms with van der Waals surface area (Å²) in [5.74, 6) is 0.915. The Morgan fingerprint density at radius 2 is 2.21 bits per heavy atom. The second-order valence-corrected chi connectivity index (χ2v) is 6.44. The fraction of sp³-hybridized carbons (Fsp3) is 0.294. The van der Waals surface area contributed by atoms with E-state index in [0.29, 0.717) is 30.4 Å². The summed E-state index contributed by atoms with van der Waals surface area (Å²) in [6.45, 7) is 0.303. The molecule has 0 atom stereocenters. The Kier molecular flexibility index (Phi) is 5.32. The van der Waals surface area contributed by atoms with E-state index in [-0.39, 0.29) is 5.91 Å². The van der Waals surface area contributed by atoms with Gasteiger partial charge in [-0.05, 0) is 36.4 Å². The van der Waals surface area contributed by atoms with Crippen LogP contribution in [-0.2, 0) is 17.8 Å². The number of nitrogens with zero attached hydrogens (tertiary/aromatic N) is 4. The summed E-state index contributed by atoms with van der Waals surface area (Å²) >= 11 is 1.72. The van der Waals surface area contributed by atoms with Crippen molar-refractivity contribution in [2.45, 2.75) is 25.8 Å². The molecule has 0 N–H and O–H groups in total. The van der Waals surface area contributed by atoms with Gasteiger partial charge >= 0.3 is 0 Å². The van der Waals surface area contributed by atoms with E-state index in [9.17, 15) is 4.79 Å². The molecular formula is C17H18N4O2S. The molecule has 3 heterocycles. The van der Waals surface area contributed by atoms with Crippen molar-refractivity contribution < 1.29 is 9.32 Å². The summed E-state index contributed by atoms with van der Waals surface area (Å²) < 4.78 is 5.21. The van der Waals surface area contributed by atoms with Crippen LogP contribution in [-0.4, -0.2) is 33.0 Å². The molecule has 0 radical (unpaired) electrons. The average Bonchev–Trinajstić information content (AvgIpc) is 3.27. The molecule has 24 heavy (non-hydrogen) atoms. The number of hydrogen-bond acceptors (Lipinski definition) is 6. The molecule has 0 saturated carbocycles. The minimum absolute atomic E-state index is 0.0733. The average molecular weight is 342 g/mol. The van der Waals surface area contributed by atoms with Crippen LogP contribution >= 0.6 is 11.3 Å². The van der Waals surface area contributed by atoms with Gasteiger partial charge in [-0.2, -0.15) is 4.98 Å². The first-order chi connectivity index (χ1) is 11.7. The summed E-state index contributed by atoms with van der Waals surface area (Å²) in [6, 6.07) is 9.63. The van der Waals surface area contributed by atoms with E-state index in [1.54, 1.807) is 29.5 Å². The Labute approximate surface area is 144 Å². The van der Waals surface area contributed by atoms with E-state index < -0.39 is 0 Å². The zero-order valence-corrected chi connectivity index (χ0v) is 14.2. The van der Waals surface area contributed by atoms with Crippen LogP contribution in [0.15, 0.2) is 46.4 Å². The smallest absolute Gasteiger partial charge is 0.246 e. The first-order valence-electron chi connectivity index (χ1n) is 7.73. The largest absolute Gasteiger partial charge is 0.337 e. The van der Waals surface area contributed by atoms with Crippen molar-refractivity contribution in [1.29, 1.82) is 0 Å². The molecule has 3 aromatic heterocycles. The van der Waals surface area contributed by atoms with Crippen LogP contribution in [0.4, 0.5) is 0 Å². The number of thiophene rings is 1. The maximum atomic E-state index is 12.2. The molecule has 0 aromatic carbocycles. The quantitative estimate of drug-likeness (QED) is 0.659. The fourth-order valence-corrected chi connectivity index (χ4v) is 3.02. The predicted molar refractivity (Wildman–Crippen MR) is 91.3 cm³/mol. The lowest BCUT2D eigenvalue weighted by Crippen LogP contribution is -2.26. The van der Waals surface area contributed by atoms with Crippen molar-refractivity contribution in [3.05, 3.63) is 52.7 Å². The van der Waals surface area contributed by atoms with Gasteiger partial charge in [-0.1, -0.05) is 17.3 Å². The highest BCUT2D eigenvalue weighted by Gasteiger charge is 2.15. The summed E-state index contributed by atoms with van der Waals surface area (Å²) in [4.78, 5) is 23.6. The van der Waals surface area contributed by atoms with Gasteiger partial charge in [-0.15, -0.1) is 11.3 Å². The Morgan fingerprint density at radius 1 is 1.29 bits per heavy atom. The second-order valence-electron chi connectivity index (χ2n) is 5.41. The molecule has 3 aromatic rings. The van der Waals surface area contributed by atoms with Gasteiger partial charge in [-0.3, -0.25) is 9.78 Å². The molecule has 1 amide bonds. The molecule has 0 bridgehead atoms. The first kappa shape index (κ1) is 16.3. The highest BCUT2D eigenvalue weighted by molar-refractivity contribution is 7.09. The molecule has 0 fully saturated rings. The third kappa shape index (κ3) is 4.26. The first-order valence-corrected chi connectivity index (χ1v) is 8.60. The van der Waals surface area contributed by atoms with Crippen LogP contribution in [0.1, 0.15) is 23.6 Å². The Balaban J connectivity index is 1.50. The third-order valence-electron chi connectivity index (χ3n) is 3.55. The van der Waals surface area contributed by atoms with E-state index in [1.807, 2.05) is 24.3 Å². The molecule has 0 saturated heterocycles.